The molecular formula is C24H30N4O4S. The molecule has 2 N–H and O–H groups in total. The lowest BCUT2D eigenvalue weighted by Crippen LogP contribution is -2.41. The van der Waals surface area contributed by atoms with Crippen LogP contribution in [0.5, 0.6) is 5.75 Å². The number of aromatic amines is 1. The van der Waals surface area contributed by atoms with E-state index in [1.165, 1.54) is 0 Å². The summed E-state index contributed by atoms with van der Waals surface area (Å²) in [5, 5.41) is 9.54. The molecule has 0 saturated carbocycles. The molecule has 0 aliphatic carbocycles. The van der Waals surface area contributed by atoms with E-state index in [1.807, 2.05) is 36.4 Å². The van der Waals surface area contributed by atoms with E-state index in [0.29, 0.717) is 28.7 Å². The minimum absolute atomic E-state index is 0.0797. The molecule has 1 aromatic heterocycles. The van der Waals surface area contributed by atoms with Gasteiger partial charge in [-0.3, -0.25) is 14.2 Å². The van der Waals surface area contributed by atoms with Crippen LogP contribution in [0, 0.1) is 13.8 Å². The Morgan fingerprint density at radius 3 is 2.42 bits per heavy atom. The fraction of sp³-hybridized carbons (Fsp3) is 0.333. The van der Waals surface area contributed by atoms with Gasteiger partial charge in [0.2, 0.25) is 5.91 Å². The Morgan fingerprint density at radius 1 is 1.15 bits per heavy atom. The molecule has 0 unspecified atom stereocenters. The van der Waals surface area contributed by atoms with Crippen LogP contribution in [0.3, 0.4) is 0 Å². The number of carbonyl (C=O) groups excluding carboxylic acids is 1. The Hall–Kier alpha value is -3.33. The topological polar surface area (TPSA) is 104 Å². The van der Waals surface area contributed by atoms with Crippen molar-refractivity contribution in [3.05, 3.63) is 71.0 Å². The van der Waals surface area contributed by atoms with Gasteiger partial charge in [0.1, 0.15) is 17.2 Å². The van der Waals surface area contributed by atoms with Crippen LogP contribution < -0.4 is 14.4 Å². The number of ether oxygens (including phenoxy) is 1. The SMILES string of the molecule is COc1cccc(CNC(=O)CN(c2ccc(C(C)C)cc2)S(=O)(=O)c2c(C)n[nH]c2C)c1. The van der Waals surface area contributed by atoms with Crippen molar-refractivity contribution in [2.75, 3.05) is 18.0 Å². The van der Waals surface area contributed by atoms with Crippen molar-refractivity contribution < 1.29 is 17.9 Å². The number of sulfonamides is 1. The van der Waals surface area contributed by atoms with Crippen LogP contribution in [0.15, 0.2) is 53.4 Å². The molecule has 3 aromatic rings. The van der Waals surface area contributed by atoms with Crippen molar-refractivity contribution in [2.45, 2.75) is 45.1 Å². The van der Waals surface area contributed by atoms with Crippen LogP contribution >= 0.6 is 0 Å². The van der Waals surface area contributed by atoms with Gasteiger partial charge in [-0.2, -0.15) is 5.10 Å². The molecule has 1 heterocycles. The lowest BCUT2D eigenvalue weighted by atomic mass is 10.0. The number of aromatic nitrogens is 2. The van der Waals surface area contributed by atoms with Crippen molar-refractivity contribution in [1.82, 2.24) is 15.5 Å². The third kappa shape index (κ3) is 5.54. The Labute approximate surface area is 195 Å². The van der Waals surface area contributed by atoms with Gasteiger partial charge in [0.15, 0.2) is 0 Å². The molecule has 0 saturated heterocycles. The molecule has 176 valence electrons. The summed E-state index contributed by atoms with van der Waals surface area (Å²) >= 11 is 0. The zero-order valence-electron chi connectivity index (χ0n) is 19.5. The molecule has 0 aliphatic heterocycles. The van der Waals surface area contributed by atoms with Crippen molar-refractivity contribution in [3.8, 4) is 5.75 Å². The quantitative estimate of drug-likeness (QED) is 0.497. The highest BCUT2D eigenvalue weighted by atomic mass is 32.2. The van der Waals surface area contributed by atoms with Crippen molar-refractivity contribution >= 4 is 21.6 Å². The highest BCUT2D eigenvalue weighted by molar-refractivity contribution is 7.93. The highest BCUT2D eigenvalue weighted by Gasteiger charge is 2.31. The molecule has 1 amide bonds. The molecular weight excluding hydrogens is 440 g/mol. The second-order valence-electron chi connectivity index (χ2n) is 8.15. The summed E-state index contributed by atoms with van der Waals surface area (Å²) in [5.74, 6) is 0.559. The second kappa shape index (κ2) is 10.1. The molecule has 8 nitrogen and oxygen atoms in total. The number of aryl methyl sites for hydroxylation is 2. The Morgan fingerprint density at radius 2 is 1.85 bits per heavy atom. The fourth-order valence-electron chi connectivity index (χ4n) is 3.54. The molecule has 0 radical (unpaired) electrons. The Bertz CT molecular complexity index is 1200. The molecule has 0 atom stereocenters. The largest absolute Gasteiger partial charge is 0.497 e. The first-order chi connectivity index (χ1) is 15.6. The third-order valence-corrected chi connectivity index (χ3v) is 7.41. The lowest BCUT2D eigenvalue weighted by molar-refractivity contribution is -0.119. The first-order valence-corrected chi connectivity index (χ1v) is 12.1. The number of methoxy groups -OCH3 is 1. The van der Waals surface area contributed by atoms with Gasteiger partial charge in [0, 0.05) is 6.54 Å². The van der Waals surface area contributed by atoms with E-state index >= 15 is 0 Å². The maximum atomic E-state index is 13.6. The van der Waals surface area contributed by atoms with E-state index in [2.05, 4.69) is 29.4 Å². The van der Waals surface area contributed by atoms with Crippen LogP contribution in [-0.2, 0) is 21.4 Å². The molecule has 0 bridgehead atoms. The zero-order chi connectivity index (χ0) is 24.2. The number of nitrogens with one attached hydrogen (secondary N) is 2. The van der Waals surface area contributed by atoms with Crippen LogP contribution in [-0.4, -0.2) is 38.2 Å². The van der Waals surface area contributed by atoms with E-state index in [0.717, 1.165) is 15.4 Å². The number of benzene rings is 2. The summed E-state index contributed by atoms with van der Waals surface area (Å²) < 4.78 is 33.6. The maximum Gasteiger partial charge on any atom is 0.268 e. The summed E-state index contributed by atoms with van der Waals surface area (Å²) in [7, 11) is -2.46. The third-order valence-electron chi connectivity index (χ3n) is 5.37. The van der Waals surface area contributed by atoms with Gasteiger partial charge in [0.25, 0.3) is 10.0 Å². The smallest absolute Gasteiger partial charge is 0.268 e. The summed E-state index contributed by atoms with van der Waals surface area (Å²) in [4.78, 5) is 12.9. The highest BCUT2D eigenvalue weighted by Crippen LogP contribution is 2.28. The van der Waals surface area contributed by atoms with E-state index in [1.54, 1.807) is 33.1 Å². The second-order valence-corrected chi connectivity index (χ2v) is 9.95. The zero-order valence-corrected chi connectivity index (χ0v) is 20.4. The molecule has 0 aliphatic rings. The number of carbonyl (C=O) groups is 1. The number of hydrogen-bond acceptors (Lipinski definition) is 5. The number of rotatable bonds is 9. The van der Waals surface area contributed by atoms with Gasteiger partial charge in [0.05, 0.1) is 24.2 Å². The van der Waals surface area contributed by atoms with E-state index in [-0.39, 0.29) is 18.0 Å². The van der Waals surface area contributed by atoms with Gasteiger partial charge in [-0.05, 0) is 55.2 Å². The maximum absolute atomic E-state index is 13.6. The first kappa shape index (κ1) is 24.3. The number of hydrogen-bond donors (Lipinski definition) is 2. The van der Waals surface area contributed by atoms with Gasteiger partial charge >= 0.3 is 0 Å². The minimum atomic E-state index is -4.04. The number of nitrogens with zero attached hydrogens (tertiary/aromatic N) is 2. The van der Waals surface area contributed by atoms with Gasteiger partial charge in [-0.15, -0.1) is 0 Å². The predicted molar refractivity (Wildman–Crippen MR) is 128 cm³/mol. The van der Waals surface area contributed by atoms with E-state index in [4.69, 9.17) is 4.74 Å². The average Bonchev–Trinajstić information content (AvgIpc) is 3.14. The van der Waals surface area contributed by atoms with Crippen molar-refractivity contribution in [1.29, 1.82) is 0 Å². The molecule has 0 fully saturated rings. The van der Waals surface area contributed by atoms with Gasteiger partial charge < -0.3 is 10.1 Å². The van der Waals surface area contributed by atoms with Gasteiger partial charge in [-0.1, -0.05) is 38.1 Å². The molecule has 3 rings (SSSR count). The van der Waals surface area contributed by atoms with Crippen LogP contribution in [0.1, 0.15) is 42.3 Å². The standard InChI is InChI=1S/C24H30N4O4S/c1-16(2)20-9-11-21(12-10-20)28(33(30,31)24-17(3)26-27-18(24)4)15-23(29)25-14-19-7-6-8-22(13-19)32-5/h6-13,16H,14-15H2,1-5H3,(H,25,29)(H,26,27). The lowest BCUT2D eigenvalue weighted by Gasteiger charge is -2.24. The average molecular weight is 471 g/mol. The summed E-state index contributed by atoms with van der Waals surface area (Å²) in [6, 6.07) is 14.5. The molecule has 9 heteroatoms. The number of H-pyrrole nitrogens is 1. The van der Waals surface area contributed by atoms with E-state index < -0.39 is 15.9 Å². The van der Waals surface area contributed by atoms with Crippen molar-refractivity contribution in [2.24, 2.45) is 0 Å². The van der Waals surface area contributed by atoms with Gasteiger partial charge in [-0.25, -0.2) is 8.42 Å². The van der Waals surface area contributed by atoms with Crippen LogP contribution in [0.25, 0.3) is 0 Å². The minimum Gasteiger partial charge on any atom is -0.497 e. The van der Waals surface area contributed by atoms with Crippen molar-refractivity contribution in [3.63, 3.8) is 0 Å². The molecule has 2 aromatic carbocycles. The monoisotopic (exact) mass is 470 g/mol. The molecule has 0 spiro atoms. The van der Waals surface area contributed by atoms with Crippen LogP contribution in [0.2, 0.25) is 0 Å². The number of amides is 1. The predicted octanol–water partition coefficient (Wildman–Crippen LogP) is 3.67. The summed E-state index contributed by atoms with van der Waals surface area (Å²) in [6.07, 6.45) is 0. The fourth-order valence-corrected chi connectivity index (χ4v) is 5.30. The normalized spacial score (nSPS) is 11.5. The van der Waals surface area contributed by atoms with Crippen LogP contribution in [0.4, 0.5) is 5.69 Å². The van der Waals surface area contributed by atoms with E-state index in [9.17, 15) is 13.2 Å². The number of anilines is 1. The summed E-state index contributed by atoms with van der Waals surface area (Å²) in [6.45, 7) is 7.29. The molecule has 33 heavy (non-hydrogen) atoms. The first-order valence-electron chi connectivity index (χ1n) is 10.7. The Kier molecular flexibility index (Phi) is 7.43. The Balaban J connectivity index is 1.89. The summed E-state index contributed by atoms with van der Waals surface area (Å²) in [5.41, 5.74) is 3.12.